The van der Waals surface area contributed by atoms with Gasteiger partial charge in [0.2, 0.25) is 0 Å². The van der Waals surface area contributed by atoms with Gasteiger partial charge in [-0.15, -0.1) is 12.4 Å². The van der Waals surface area contributed by atoms with E-state index in [4.69, 9.17) is 11.0 Å². The highest BCUT2D eigenvalue weighted by atomic mass is 35.5. The van der Waals surface area contributed by atoms with Crippen LogP contribution in [0, 0.1) is 11.3 Å². The van der Waals surface area contributed by atoms with E-state index in [-0.39, 0.29) is 12.4 Å². The maximum atomic E-state index is 8.65. The summed E-state index contributed by atoms with van der Waals surface area (Å²) in [4.78, 5) is 0. The average molecular weight is 183 g/mol. The van der Waals surface area contributed by atoms with Gasteiger partial charge in [-0.2, -0.15) is 5.26 Å². The van der Waals surface area contributed by atoms with Gasteiger partial charge in [-0.1, -0.05) is 18.2 Å². The summed E-state index contributed by atoms with van der Waals surface area (Å²) in [6.07, 6.45) is 0.781. The smallest absolute Gasteiger partial charge is 0.0994 e. The number of hydrogen-bond acceptors (Lipinski definition) is 2. The summed E-state index contributed by atoms with van der Waals surface area (Å²) in [6.45, 7) is 0.596. The molecule has 0 aromatic heterocycles. The van der Waals surface area contributed by atoms with Gasteiger partial charge in [0, 0.05) is 0 Å². The van der Waals surface area contributed by atoms with Crippen LogP contribution in [0.2, 0.25) is 0 Å². The molecule has 0 spiro atoms. The molecule has 0 amide bonds. The van der Waals surface area contributed by atoms with Crippen molar-refractivity contribution < 1.29 is 0 Å². The normalized spacial score (nSPS) is 8.33. The number of nitrogens with zero attached hydrogens (tertiary/aromatic N) is 1. The Bertz CT molecular complexity index is 278. The number of nitriles is 1. The van der Waals surface area contributed by atoms with Crippen molar-refractivity contribution in [1.29, 1.82) is 5.26 Å². The molecular weight excluding hydrogens is 172 g/mol. The monoisotopic (exact) mass is 182 g/mol. The van der Waals surface area contributed by atoms with E-state index >= 15 is 0 Å². The van der Waals surface area contributed by atoms with Gasteiger partial charge in [0.05, 0.1) is 11.6 Å². The molecule has 0 unspecified atom stereocenters. The fourth-order valence-corrected chi connectivity index (χ4v) is 1.00. The molecule has 1 aromatic rings. The number of benzene rings is 1. The lowest BCUT2D eigenvalue weighted by Crippen LogP contribution is -2.03. The van der Waals surface area contributed by atoms with Gasteiger partial charge >= 0.3 is 0 Å². The number of nitrogens with two attached hydrogens (primary N) is 1. The summed E-state index contributed by atoms with van der Waals surface area (Å²) in [7, 11) is 0. The first-order chi connectivity index (χ1) is 5.38. The summed E-state index contributed by atoms with van der Waals surface area (Å²) in [5.74, 6) is 0. The largest absolute Gasteiger partial charge is 0.330 e. The second-order valence-corrected chi connectivity index (χ2v) is 2.31. The average Bonchev–Trinajstić information content (AvgIpc) is 2.06. The summed E-state index contributed by atoms with van der Waals surface area (Å²) in [5.41, 5.74) is 7.15. The van der Waals surface area contributed by atoms with Crippen molar-refractivity contribution >= 4 is 12.4 Å². The predicted molar refractivity (Wildman–Crippen MR) is 51.2 cm³/mol. The van der Waals surface area contributed by atoms with Crippen LogP contribution in [0.15, 0.2) is 24.3 Å². The first kappa shape index (κ1) is 11.0. The van der Waals surface area contributed by atoms with Crippen molar-refractivity contribution in [3.05, 3.63) is 35.4 Å². The fourth-order valence-electron chi connectivity index (χ4n) is 1.00. The van der Waals surface area contributed by atoms with Crippen LogP contribution in [-0.2, 0) is 6.42 Å². The zero-order valence-corrected chi connectivity index (χ0v) is 7.47. The van der Waals surface area contributed by atoms with E-state index < -0.39 is 0 Å². The molecule has 0 aliphatic heterocycles. The molecule has 0 aliphatic rings. The van der Waals surface area contributed by atoms with Crippen molar-refractivity contribution in [2.24, 2.45) is 5.73 Å². The summed E-state index contributed by atoms with van der Waals surface area (Å²) in [5, 5.41) is 8.65. The third kappa shape index (κ3) is 2.54. The lowest BCUT2D eigenvalue weighted by Gasteiger charge is -1.99. The molecule has 0 saturated heterocycles. The first-order valence-electron chi connectivity index (χ1n) is 3.56. The van der Waals surface area contributed by atoms with Crippen molar-refractivity contribution in [2.75, 3.05) is 6.54 Å². The lowest BCUT2D eigenvalue weighted by atomic mass is 10.1. The third-order valence-corrected chi connectivity index (χ3v) is 1.55. The maximum Gasteiger partial charge on any atom is 0.0994 e. The second-order valence-electron chi connectivity index (χ2n) is 2.31. The Hall–Kier alpha value is -1.04. The zero-order valence-electron chi connectivity index (χ0n) is 6.66. The molecule has 3 heteroatoms. The Morgan fingerprint density at radius 2 is 2.00 bits per heavy atom. The van der Waals surface area contributed by atoms with Gasteiger partial charge in [-0.25, -0.2) is 0 Å². The molecule has 2 N–H and O–H groups in total. The lowest BCUT2D eigenvalue weighted by molar-refractivity contribution is 0.964. The van der Waals surface area contributed by atoms with E-state index in [1.54, 1.807) is 0 Å². The molecule has 64 valence electrons. The van der Waals surface area contributed by atoms with Gasteiger partial charge in [0.25, 0.3) is 0 Å². The minimum atomic E-state index is 0. The minimum Gasteiger partial charge on any atom is -0.330 e. The Balaban J connectivity index is 0.00000121. The molecule has 0 fully saturated rings. The third-order valence-electron chi connectivity index (χ3n) is 1.55. The van der Waals surface area contributed by atoms with Crippen LogP contribution in [0.3, 0.4) is 0 Å². The minimum absolute atomic E-state index is 0. The molecule has 0 atom stereocenters. The quantitative estimate of drug-likeness (QED) is 0.754. The van der Waals surface area contributed by atoms with E-state index in [0.29, 0.717) is 6.54 Å². The van der Waals surface area contributed by atoms with E-state index in [1.165, 1.54) is 0 Å². The molecular formula is C9H11ClN2. The summed E-state index contributed by atoms with van der Waals surface area (Å²) in [6, 6.07) is 9.65. The molecule has 0 heterocycles. The van der Waals surface area contributed by atoms with Crippen molar-refractivity contribution in [3.63, 3.8) is 0 Å². The first-order valence-corrected chi connectivity index (χ1v) is 3.56. The van der Waals surface area contributed by atoms with Crippen LogP contribution in [0.1, 0.15) is 11.1 Å². The van der Waals surface area contributed by atoms with Crippen molar-refractivity contribution in [1.82, 2.24) is 0 Å². The summed E-state index contributed by atoms with van der Waals surface area (Å²) >= 11 is 0. The highest BCUT2D eigenvalue weighted by molar-refractivity contribution is 5.85. The Morgan fingerprint density at radius 3 is 2.58 bits per heavy atom. The molecule has 1 aromatic carbocycles. The molecule has 0 aliphatic carbocycles. The van der Waals surface area contributed by atoms with Gasteiger partial charge < -0.3 is 5.73 Å². The topological polar surface area (TPSA) is 49.8 Å². The molecule has 0 saturated carbocycles. The SMILES string of the molecule is Cl.N#Cc1ccccc1CCN. The predicted octanol–water partition coefficient (Wildman–Crippen LogP) is 1.48. The molecule has 0 bridgehead atoms. The number of halogens is 1. The van der Waals surface area contributed by atoms with Crippen molar-refractivity contribution in [2.45, 2.75) is 6.42 Å². The van der Waals surface area contributed by atoms with Gasteiger partial charge in [0.1, 0.15) is 0 Å². The van der Waals surface area contributed by atoms with Crippen LogP contribution in [-0.4, -0.2) is 6.54 Å². The maximum absolute atomic E-state index is 8.65. The molecule has 1 rings (SSSR count). The zero-order chi connectivity index (χ0) is 8.10. The molecule has 2 nitrogen and oxygen atoms in total. The van der Waals surface area contributed by atoms with Crippen LogP contribution < -0.4 is 5.73 Å². The van der Waals surface area contributed by atoms with Crippen LogP contribution in [0.25, 0.3) is 0 Å². The van der Waals surface area contributed by atoms with Gasteiger partial charge in [-0.05, 0) is 24.6 Å². The highest BCUT2D eigenvalue weighted by Gasteiger charge is 1.97. The highest BCUT2D eigenvalue weighted by Crippen LogP contribution is 2.06. The fraction of sp³-hybridized carbons (Fsp3) is 0.222. The summed E-state index contributed by atoms with van der Waals surface area (Å²) < 4.78 is 0. The van der Waals surface area contributed by atoms with E-state index in [0.717, 1.165) is 17.5 Å². The van der Waals surface area contributed by atoms with E-state index in [2.05, 4.69) is 6.07 Å². The number of hydrogen-bond donors (Lipinski definition) is 1. The van der Waals surface area contributed by atoms with Gasteiger partial charge in [0.15, 0.2) is 0 Å². The molecule has 12 heavy (non-hydrogen) atoms. The number of rotatable bonds is 2. The molecule has 0 radical (unpaired) electrons. The van der Waals surface area contributed by atoms with E-state index in [1.807, 2.05) is 24.3 Å². The van der Waals surface area contributed by atoms with Gasteiger partial charge in [-0.3, -0.25) is 0 Å². The van der Waals surface area contributed by atoms with Crippen LogP contribution in [0.5, 0.6) is 0 Å². The Morgan fingerprint density at radius 1 is 1.33 bits per heavy atom. The standard InChI is InChI=1S/C9H10N2.ClH/c10-6-5-8-3-1-2-4-9(8)7-11;/h1-4H,5-6,10H2;1H. The Labute approximate surface area is 78.4 Å². The van der Waals surface area contributed by atoms with Crippen LogP contribution >= 0.6 is 12.4 Å². The second kappa shape index (κ2) is 5.59. The Kier molecular flexibility index (Phi) is 5.11. The van der Waals surface area contributed by atoms with Crippen molar-refractivity contribution in [3.8, 4) is 6.07 Å². The van der Waals surface area contributed by atoms with E-state index in [9.17, 15) is 0 Å². The van der Waals surface area contributed by atoms with Crippen LogP contribution in [0.4, 0.5) is 0 Å².